The fraction of sp³-hybridized carbons (Fsp3) is 0.409. The Bertz CT molecular complexity index is 1160. The average molecular weight is 481 g/mol. The van der Waals surface area contributed by atoms with Gasteiger partial charge in [-0.25, -0.2) is 0 Å². The van der Waals surface area contributed by atoms with Crippen LogP contribution in [-0.4, -0.2) is 73.6 Å². The van der Waals surface area contributed by atoms with Crippen molar-refractivity contribution in [1.29, 1.82) is 0 Å². The van der Waals surface area contributed by atoms with Crippen LogP contribution in [0.2, 0.25) is 0 Å². The van der Waals surface area contributed by atoms with Crippen molar-refractivity contribution < 1.29 is 39.9 Å². The van der Waals surface area contributed by atoms with E-state index in [-0.39, 0.29) is 30.0 Å². The van der Waals surface area contributed by atoms with E-state index < -0.39 is 75.0 Å². The van der Waals surface area contributed by atoms with Crippen LogP contribution in [-0.2, 0) is 20.0 Å². The molecule has 11 heteroatoms. The second-order valence-electron chi connectivity index (χ2n) is 8.96. The molecule has 0 aliphatic heterocycles. The first kappa shape index (κ1) is 24.7. The van der Waals surface area contributed by atoms with Crippen LogP contribution in [0.25, 0.3) is 5.76 Å². The summed E-state index contributed by atoms with van der Waals surface area (Å²) in [6, 6.07) is 3.02. The Balaban J connectivity index is 0.00000306. The van der Waals surface area contributed by atoms with Gasteiger partial charge in [0.2, 0.25) is 5.78 Å². The minimum atomic E-state index is -2.75. The van der Waals surface area contributed by atoms with Gasteiger partial charge in [0.1, 0.15) is 22.8 Å². The van der Waals surface area contributed by atoms with Crippen LogP contribution in [0.5, 0.6) is 5.75 Å². The number of Topliss-reactive ketones (excluding diaryl/α,β-unsaturated/α-hetero) is 2. The Labute approximate surface area is 195 Å². The molecule has 33 heavy (non-hydrogen) atoms. The highest BCUT2D eigenvalue weighted by molar-refractivity contribution is 6.24. The topological polar surface area (TPSA) is 182 Å². The second-order valence-corrected chi connectivity index (χ2v) is 8.96. The number of rotatable bonds is 2. The molecule has 0 aromatic heterocycles. The molecule has 1 fully saturated rings. The minimum absolute atomic E-state index is 0. The number of amides is 1. The summed E-state index contributed by atoms with van der Waals surface area (Å²) >= 11 is 0. The number of nitrogens with zero attached hydrogens (tertiary/aromatic N) is 1. The number of benzene rings is 1. The number of likely N-dealkylation sites (N-methyl/N-ethyl adjacent to an activating group) is 1. The third kappa shape index (κ3) is 2.95. The first-order chi connectivity index (χ1) is 14.8. The Morgan fingerprint density at radius 1 is 1.15 bits per heavy atom. The number of carbonyl (C=O) groups excluding carboxylic acids is 3. The van der Waals surface area contributed by atoms with E-state index >= 15 is 0 Å². The molecule has 7 N–H and O–H groups in total. The van der Waals surface area contributed by atoms with Crippen LogP contribution in [0.1, 0.15) is 24.5 Å². The maximum Gasteiger partial charge on any atom is 0.255 e. The molecule has 5 atom stereocenters. The summed E-state index contributed by atoms with van der Waals surface area (Å²) in [6.45, 7) is 1.40. The molecule has 0 bridgehead atoms. The minimum Gasteiger partial charge on any atom is -0.508 e. The Morgan fingerprint density at radius 2 is 1.76 bits per heavy atom. The van der Waals surface area contributed by atoms with Crippen LogP contribution in [0, 0.1) is 11.8 Å². The van der Waals surface area contributed by atoms with Gasteiger partial charge in [0.15, 0.2) is 11.4 Å². The summed E-state index contributed by atoms with van der Waals surface area (Å²) in [7, 11) is 3.01. The molecule has 1 unspecified atom stereocenters. The van der Waals surface area contributed by atoms with Crippen molar-refractivity contribution in [2.45, 2.75) is 30.6 Å². The number of aliphatic hydroxyl groups excluding tert-OH is 2. The van der Waals surface area contributed by atoms with Gasteiger partial charge in [-0.05, 0) is 39.1 Å². The summed E-state index contributed by atoms with van der Waals surface area (Å²) in [4.78, 5) is 40.0. The molecule has 1 aromatic rings. The van der Waals surface area contributed by atoms with Crippen molar-refractivity contribution >= 4 is 35.6 Å². The predicted octanol–water partition coefficient (Wildman–Crippen LogP) is 0.0508. The first-order valence-corrected chi connectivity index (χ1v) is 9.97. The van der Waals surface area contributed by atoms with E-state index in [9.17, 15) is 39.9 Å². The zero-order valence-corrected chi connectivity index (χ0v) is 18.9. The van der Waals surface area contributed by atoms with E-state index in [2.05, 4.69) is 0 Å². The van der Waals surface area contributed by atoms with Crippen LogP contribution in [0.3, 0.4) is 0 Å². The summed E-state index contributed by atoms with van der Waals surface area (Å²) < 4.78 is 0. The molecule has 1 aromatic carbocycles. The zero-order valence-electron chi connectivity index (χ0n) is 18.1. The molecule has 0 radical (unpaired) electrons. The smallest absolute Gasteiger partial charge is 0.255 e. The van der Waals surface area contributed by atoms with Crippen molar-refractivity contribution in [3.63, 3.8) is 0 Å². The fourth-order valence-corrected chi connectivity index (χ4v) is 5.50. The van der Waals surface area contributed by atoms with E-state index in [1.165, 1.54) is 44.1 Å². The van der Waals surface area contributed by atoms with Crippen LogP contribution < -0.4 is 5.73 Å². The number of hydrogen-bond donors (Lipinski definition) is 6. The molecule has 10 nitrogen and oxygen atoms in total. The quantitative estimate of drug-likeness (QED) is 0.318. The lowest BCUT2D eigenvalue weighted by Gasteiger charge is -2.53. The second kappa shape index (κ2) is 7.56. The monoisotopic (exact) mass is 480 g/mol. The highest BCUT2D eigenvalue weighted by atomic mass is 35.5. The van der Waals surface area contributed by atoms with Crippen molar-refractivity contribution in [2.75, 3.05) is 14.1 Å². The number of halogens is 1. The van der Waals surface area contributed by atoms with Crippen molar-refractivity contribution in [3.05, 3.63) is 46.2 Å². The normalized spacial score (nSPS) is 33.3. The third-order valence-corrected chi connectivity index (χ3v) is 7.02. The largest absolute Gasteiger partial charge is 0.508 e. The number of phenolic OH excluding ortho intramolecular Hbond substituents is 1. The SMILES string of the molecule is CN(C)[C@H]1C(=O)C(C(N)=O)=C(O)[C@@]2(O)C(=O)C3=C(O)c4c(O)cccc4C(C)(O)[C@H]3C[C@@H]12.Cl. The number of nitrogens with two attached hydrogens (primary N) is 1. The lowest BCUT2D eigenvalue weighted by molar-refractivity contribution is -0.159. The molecule has 3 aliphatic rings. The molecule has 0 heterocycles. The standard InChI is InChI=1S/C22H24N2O8.ClH/c1-21(31)8-5-4-6-11(25)12(8)16(26)13-9(21)7-10-15(24(2)3)17(27)14(20(23)30)19(29)22(10,32)18(13)28;/h4-6,9-10,15,25-26,29,31-32H,7H2,1-3H3,(H2,23,30);1H/t9-,10-,15+,21?,22-;/m0./s1. The number of hydrogen-bond acceptors (Lipinski definition) is 9. The van der Waals surface area contributed by atoms with Crippen LogP contribution in [0.4, 0.5) is 0 Å². The van der Waals surface area contributed by atoms with E-state index in [1.807, 2.05) is 0 Å². The van der Waals surface area contributed by atoms with Crippen LogP contribution >= 0.6 is 12.4 Å². The van der Waals surface area contributed by atoms with Crippen molar-refractivity contribution in [1.82, 2.24) is 4.90 Å². The zero-order chi connectivity index (χ0) is 23.9. The summed E-state index contributed by atoms with van der Waals surface area (Å²) in [6.07, 6.45) is -0.200. The van der Waals surface area contributed by atoms with Gasteiger partial charge in [0.05, 0.1) is 17.2 Å². The Hall–Kier alpha value is -2.92. The summed E-state index contributed by atoms with van der Waals surface area (Å²) in [5, 5.41) is 54.9. The molecule has 1 saturated carbocycles. The van der Waals surface area contributed by atoms with E-state index in [4.69, 9.17) is 5.73 Å². The highest BCUT2D eigenvalue weighted by Crippen LogP contribution is 2.57. The number of phenols is 1. The number of aliphatic hydroxyl groups is 4. The molecular weight excluding hydrogens is 456 g/mol. The average Bonchev–Trinajstić information content (AvgIpc) is 2.68. The van der Waals surface area contributed by atoms with E-state index in [1.54, 1.807) is 0 Å². The molecule has 1 amide bonds. The van der Waals surface area contributed by atoms with Crippen molar-refractivity contribution in [3.8, 4) is 5.75 Å². The fourth-order valence-electron chi connectivity index (χ4n) is 5.50. The number of carbonyl (C=O) groups is 3. The van der Waals surface area contributed by atoms with Gasteiger partial charge < -0.3 is 31.3 Å². The Morgan fingerprint density at radius 3 is 2.30 bits per heavy atom. The lowest BCUT2D eigenvalue weighted by atomic mass is 9.54. The van der Waals surface area contributed by atoms with Gasteiger partial charge in [-0.1, -0.05) is 12.1 Å². The lowest BCUT2D eigenvalue weighted by Crippen LogP contribution is -2.67. The number of ketones is 2. The molecule has 3 aliphatic carbocycles. The van der Waals surface area contributed by atoms with Gasteiger partial charge in [0, 0.05) is 17.4 Å². The van der Waals surface area contributed by atoms with Gasteiger partial charge >= 0.3 is 0 Å². The van der Waals surface area contributed by atoms with E-state index in [0.29, 0.717) is 0 Å². The van der Waals surface area contributed by atoms with Gasteiger partial charge in [-0.15, -0.1) is 12.4 Å². The molecule has 4 rings (SSSR count). The highest BCUT2D eigenvalue weighted by Gasteiger charge is 2.66. The predicted molar refractivity (Wildman–Crippen MR) is 117 cm³/mol. The van der Waals surface area contributed by atoms with Gasteiger partial charge in [-0.3, -0.25) is 19.3 Å². The summed E-state index contributed by atoms with van der Waals surface area (Å²) in [5.41, 5.74) is -0.548. The van der Waals surface area contributed by atoms with Crippen molar-refractivity contribution in [2.24, 2.45) is 17.6 Å². The first-order valence-electron chi connectivity index (χ1n) is 9.97. The number of fused-ring (bicyclic) bond motifs is 3. The van der Waals surface area contributed by atoms with Crippen LogP contribution in [0.15, 0.2) is 35.1 Å². The summed E-state index contributed by atoms with van der Waals surface area (Å²) in [5.74, 6) is -7.90. The Kier molecular flexibility index (Phi) is 5.66. The molecule has 0 saturated heterocycles. The number of primary amides is 1. The number of aromatic hydroxyl groups is 1. The molecule has 0 spiro atoms. The maximum absolute atomic E-state index is 13.7. The van der Waals surface area contributed by atoms with E-state index in [0.717, 1.165) is 0 Å². The molecular formula is C22H25ClN2O8. The molecule has 178 valence electrons. The maximum atomic E-state index is 13.7. The third-order valence-electron chi connectivity index (χ3n) is 7.02. The van der Waals surface area contributed by atoms with Gasteiger partial charge in [-0.2, -0.15) is 0 Å². The van der Waals surface area contributed by atoms with Gasteiger partial charge in [0.25, 0.3) is 5.91 Å².